The quantitative estimate of drug-likeness (QED) is 0.139. The first kappa shape index (κ1) is 72.0. The van der Waals surface area contributed by atoms with Crippen molar-refractivity contribution in [3.05, 3.63) is 499 Å². The third-order valence-corrected chi connectivity index (χ3v) is 24.4. The van der Waals surface area contributed by atoms with Crippen molar-refractivity contribution in [2.75, 3.05) is 10.2 Å². The highest BCUT2D eigenvalue weighted by atomic mass is 35.5. The largest absolute Gasteiger partial charge is 0.455 e. The molecule has 7 heteroatoms. The molecule has 1 N–H and O–H groups in total. The number of hydrogen-bond donors (Lipinski definition) is 1. The van der Waals surface area contributed by atoms with Gasteiger partial charge in [-0.25, -0.2) is 0 Å². The Labute approximate surface area is 707 Å². The van der Waals surface area contributed by atoms with Crippen LogP contribution in [0.25, 0.3) is 111 Å². The van der Waals surface area contributed by atoms with E-state index in [1.54, 1.807) is 0 Å². The van der Waals surface area contributed by atoms with E-state index in [0.29, 0.717) is 0 Å². The fraction of sp³-hybridized carbons (Fsp3) is 0.0175. The van der Waals surface area contributed by atoms with E-state index in [4.69, 9.17) is 29.9 Å². The van der Waals surface area contributed by atoms with Crippen LogP contribution in [-0.4, -0.2) is 0 Å². The third kappa shape index (κ3) is 12.3. The predicted molar refractivity (Wildman–Crippen MR) is 496 cm³/mol. The molecule has 0 amide bonds. The summed E-state index contributed by atoms with van der Waals surface area (Å²) >= 11 is 6.43. The van der Waals surface area contributed by atoms with E-state index in [0.717, 1.165) is 112 Å². The first-order chi connectivity index (χ1) is 59.9. The van der Waals surface area contributed by atoms with Crippen LogP contribution in [0, 0.1) is 0 Å². The van der Waals surface area contributed by atoms with Crippen molar-refractivity contribution >= 4 is 62.0 Å². The molecular formula is C114H75ClN2O4. The minimum Gasteiger partial charge on any atom is -0.455 e. The Morgan fingerprint density at radius 2 is 0.579 bits per heavy atom. The topological polar surface area (TPSA) is 60.0 Å². The zero-order valence-corrected chi connectivity index (χ0v) is 66.4. The smallest absolute Gasteiger partial charge is 0.178 e. The fourth-order valence-electron chi connectivity index (χ4n) is 18.9. The molecule has 2 unspecified atom stereocenters. The van der Waals surface area contributed by atoms with Crippen molar-refractivity contribution in [3.63, 3.8) is 0 Å². The Balaban J connectivity index is 0.000000120. The van der Waals surface area contributed by atoms with Crippen LogP contribution in [0.1, 0.15) is 44.9 Å². The zero-order valence-electron chi connectivity index (χ0n) is 65.7. The Kier molecular flexibility index (Phi) is 18.0. The summed E-state index contributed by atoms with van der Waals surface area (Å²) in [4.78, 5) is 2.41. The molecule has 4 heterocycles. The second kappa shape index (κ2) is 30.2. The number of para-hydroxylation sites is 4. The van der Waals surface area contributed by atoms with Gasteiger partial charge in [-0.05, 0) is 220 Å². The summed E-state index contributed by atoms with van der Waals surface area (Å²) < 4.78 is 26.7. The van der Waals surface area contributed by atoms with Gasteiger partial charge in [-0.15, -0.1) is 0 Å². The summed E-state index contributed by atoms with van der Waals surface area (Å²) in [5, 5.41) is 6.29. The molecule has 0 bridgehead atoms. The first-order valence-electron chi connectivity index (χ1n) is 41.0. The maximum atomic E-state index is 6.94. The van der Waals surface area contributed by atoms with Crippen LogP contribution in [-0.2, 0) is 10.8 Å². The molecule has 2 spiro atoms. The molecule has 2 atom stereocenters. The molecule has 20 aromatic rings. The number of rotatable bonds is 11. The molecule has 2 aromatic heterocycles. The van der Waals surface area contributed by atoms with Crippen LogP contribution >= 0.6 is 11.6 Å². The van der Waals surface area contributed by atoms with Gasteiger partial charge in [0.2, 0.25) is 0 Å². The van der Waals surface area contributed by atoms with Gasteiger partial charge in [0.25, 0.3) is 0 Å². The Morgan fingerprint density at radius 3 is 1.10 bits per heavy atom. The molecule has 572 valence electrons. The minimum atomic E-state index is -0.719. The lowest BCUT2D eigenvalue weighted by molar-refractivity contribution is 0.389. The summed E-state index contributed by atoms with van der Waals surface area (Å²) in [7, 11) is 0. The highest BCUT2D eigenvalue weighted by Crippen LogP contribution is 2.66. The number of furan rings is 2. The van der Waals surface area contributed by atoms with Crippen molar-refractivity contribution in [1.82, 2.24) is 0 Å². The van der Waals surface area contributed by atoms with Crippen molar-refractivity contribution in [2.45, 2.75) is 10.8 Å². The van der Waals surface area contributed by atoms with Crippen LogP contribution in [0.2, 0.25) is 5.02 Å². The fourth-order valence-corrected chi connectivity index (χ4v) is 19.1. The normalized spacial score (nSPS) is 14.4. The Hall–Kier alpha value is -15.5. The highest BCUT2D eigenvalue weighted by Gasteiger charge is 2.56. The Morgan fingerprint density at radius 1 is 0.223 bits per heavy atom. The van der Waals surface area contributed by atoms with E-state index in [2.05, 4.69) is 405 Å². The lowest BCUT2D eigenvalue weighted by Gasteiger charge is -2.36. The maximum absolute atomic E-state index is 6.94. The van der Waals surface area contributed by atoms with E-state index < -0.39 is 10.8 Å². The number of benzene rings is 18. The standard InChI is InChI=1S/C57H37NO2.C30H23N.C27H15ClO2/c1-4-17-38(18-5-1)41-23-16-24-42(35-41)58(43-31-33-45(39-19-6-2-7-20-39)48(36-43)40-21-8-3-9-22-40)44-32-34-51-49(37-44)46-25-10-12-27-50(46)57(51)52-28-13-15-30-54(52)59-55-47-26-11-14-29-53(47)60-56(55)57;1-4-11-23(12-5-1)26-17-10-18-27(21-26)31-28-19-20-29(24-13-6-2-7-14-24)30(22-28)25-15-8-3-9-16-25;28-16-13-14-21-19(15-16)17-7-1-3-9-20(17)27(21)22-10-4-6-12-24(22)29-25-18-8-2-5-11-23(18)30-26(25)27/h1-37H;1-22,31H;1-15H. The van der Waals surface area contributed by atoms with Crippen LogP contribution < -0.4 is 19.7 Å². The summed E-state index contributed by atoms with van der Waals surface area (Å²) in [6, 6.07) is 158. The SMILES string of the molecule is Clc1ccc2c(c1)-c1ccccc1C21c2ccccc2Oc2c1oc1ccccc21.c1ccc(-c2cccc(N(c3ccc(-c4ccccc4)c(-c4ccccc4)c3)c3ccc4c(c3)-c3ccccc3C43c4ccccc4Oc4c3oc3ccccc43)c2)cc1.c1ccc(-c2cccc(Nc3ccc(-c4ccccc4)c(-c4ccccc4)c3)c2)cc1. The highest BCUT2D eigenvalue weighted by molar-refractivity contribution is 6.31. The summed E-state index contributed by atoms with van der Waals surface area (Å²) in [6.07, 6.45) is 0. The molecule has 6 nitrogen and oxygen atoms in total. The molecule has 2 aliphatic heterocycles. The van der Waals surface area contributed by atoms with Gasteiger partial charge in [0.05, 0.1) is 10.8 Å². The molecule has 18 aromatic carbocycles. The molecule has 2 aliphatic carbocycles. The average molecular weight is 1570 g/mol. The average Bonchev–Trinajstić information content (AvgIpc) is 1.52. The van der Waals surface area contributed by atoms with Gasteiger partial charge in [0.1, 0.15) is 33.5 Å². The minimum absolute atomic E-state index is 0.584. The summed E-state index contributed by atoms with van der Waals surface area (Å²) in [5.74, 6) is 4.92. The number of hydrogen-bond acceptors (Lipinski definition) is 6. The van der Waals surface area contributed by atoms with Crippen molar-refractivity contribution < 1.29 is 18.3 Å². The summed E-state index contributed by atoms with van der Waals surface area (Å²) in [5.41, 5.74) is 31.6. The van der Waals surface area contributed by atoms with E-state index in [-0.39, 0.29) is 0 Å². The summed E-state index contributed by atoms with van der Waals surface area (Å²) in [6.45, 7) is 0. The molecule has 4 aliphatic rings. The Bertz CT molecular complexity index is 7330. The predicted octanol–water partition coefficient (Wildman–Crippen LogP) is 31.4. The second-order valence-electron chi connectivity index (χ2n) is 31.0. The number of fused-ring (bicyclic) bond motifs is 22. The number of ether oxygens (including phenoxy) is 2. The van der Waals surface area contributed by atoms with Gasteiger partial charge in [-0.3, -0.25) is 0 Å². The van der Waals surface area contributed by atoms with Crippen molar-refractivity contribution in [3.8, 4) is 112 Å². The van der Waals surface area contributed by atoms with Gasteiger partial charge in [0, 0.05) is 44.6 Å². The molecule has 0 fully saturated rings. The maximum Gasteiger partial charge on any atom is 0.178 e. The van der Waals surface area contributed by atoms with E-state index in [9.17, 15) is 0 Å². The third-order valence-electron chi connectivity index (χ3n) is 24.2. The van der Waals surface area contributed by atoms with Gasteiger partial charge >= 0.3 is 0 Å². The number of nitrogens with zero attached hydrogens (tertiary/aromatic N) is 1. The number of nitrogens with one attached hydrogen (secondary N) is 1. The first-order valence-corrected chi connectivity index (χ1v) is 41.4. The van der Waals surface area contributed by atoms with Crippen LogP contribution in [0.4, 0.5) is 28.4 Å². The van der Waals surface area contributed by atoms with Gasteiger partial charge in [-0.1, -0.05) is 351 Å². The van der Waals surface area contributed by atoms with Crippen LogP contribution in [0.5, 0.6) is 23.0 Å². The molecule has 0 saturated carbocycles. The molecule has 0 radical (unpaired) electrons. The molecular weight excluding hydrogens is 1500 g/mol. The van der Waals surface area contributed by atoms with Crippen molar-refractivity contribution in [1.29, 1.82) is 0 Å². The number of halogens is 1. The van der Waals surface area contributed by atoms with Gasteiger partial charge in [0.15, 0.2) is 23.0 Å². The van der Waals surface area contributed by atoms with Crippen LogP contribution in [0.15, 0.2) is 458 Å². The second-order valence-corrected chi connectivity index (χ2v) is 31.4. The number of anilines is 5. The van der Waals surface area contributed by atoms with Gasteiger partial charge < -0.3 is 28.5 Å². The van der Waals surface area contributed by atoms with E-state index >= 15 is 0 Å². The van der Waals surface area contributed by atoms with E-state index in [1.807, 2.05) is 54.6 Å². The molecule has 0 saturated heterocycles. The molecule has 24 rings (SSSR count). The lowest BCUT2D eigenvalue weighted by Crippen LogP contribution is -2.31. The molecule has 121 heavy (non-hydrogen) atoms. The monoisotopic (exact) mass is 1570 g/mol. The zero-order chi connectivity index (χ0) is 80.4. The van der Waals surface area contributed by atoms with E-state index in [1.165, 1.54) is 100 Å². The lowest BCUT2D eigenvalue weighted by atomic mass is 9.69. The van der Waals surface area contributed by atoms with Crippen LogP contribution in [0.3, 0.4) is 0 Å². The van der Waals surface area contributed by atoms with Crippen molar-refractivity contribution in [2.24, 2.45) is 0 Å². The van der Waals surface area contributed by atoms with Gasteiger partial charge in [-0.2, -0.15) is 0 Å².